The second kappa shape index (κ2) is 37.7. The molecule has 0 saturated carbocycles. The second-order valence-electron chi connectivity index (χ2n) is 10.2. The van der Waals surface area contributed by atoms with Crippen LogP contribution in [0.1, 0.15) is 53.1 Å². The third-order valence-corrected chi connectivity index (χ3v) is 6.10. The van der Waals surface area contributed by atoms with Crippen molar-refractivity contribution in [1.82, 2.24) is 29.9 Å². The SMILES string of the molecule is CO.CO.Cc1ccc(C(=O)O)c(C(=O)[O-])n1.Cc1ccc(C(=O)O)c(C(=O)[O-])n1.O=[N+]([O-])[O-].O=[N+]([O-])[O-].[Cd+2].[Cd+2].c1ccc(-c2ccccn2)nc1.c1ccc(-c2ccccn2)nc1. The number of aryl methyl sites for hydroxylation is 2. The molecule has 0 saturated heterocycles. The zero-order chi connectivity index (χ0) is 47.6. The van der Waals surface area contributed by atoms with Gasteiger partial charge in [0.25, 0.3) is 0 Å². The topological polar surface area (TPSA) is 405 Å². The van der Waals surface area contributed by atoms with Crippen LogP contribution >= 0.6 is 0 Å². The molecular formula is C38H36Cd2N8O16. The molecule has 0 aliphatic rings. The summed E-state index contributed by atoms with van der Waals surface area (Å²) in [6.07, 6.45) is 7.07. The van der Waals surface area contributed by atoms with Crippen LogP contribution in [0.4, 0.5) is 0 Å². The molecule has 0 atom stereocenters. The average molecular weight is 1090 g/mol. The number of aliphatic hydroxyl groups excluding tert-OH is 2. The Morgan fingerprint density at radius 3 is 0.828 bits per heavy atom. The van der Waals surface area contributed by atoms with E-state index in [1.165, 1.54) is 24.3 Å². The molecule has 0 radical (unpaired) electrons. The van der Waals surface area contributed by atoms with Crippen LogP contribution in [-0.2, 0) is 54.6 Å². The van der Waals surface area contributed by atoms with Gasteiger partial charge in [-0.3, -0.25) is 29.9 Å². The Morgan fingerprint density at radius 1 is 0.453 bits per heavy atom. The van der Waals surface area contributed by atoms with Crippen molar-refractivity contribution >= 4 is 23.9 Å². The van der Waals surface area contributed by atoms with E-state index in [-0.39, 0.29) is 65.7 Å². The minimum atomic E-state index is -1.75. The van der Waals surface area contributed by atoms with Crippen molar-refractivity contribution in [2.45, 2.75) is 13.8 Å². The normalized spacial score (nSPS) is 8.47. The summed E-state index contributed by atoms with van der Waals surface area (Å²) in [5, 5.41) is 81.5. The van der Waals surface area contributed by atoms with Gasteiger partial charge in [0, 0.05) is 50.4 Å². The molecule has 6 aromatic rings. The van der Waals surface area contributed by atoms with Crippen molar-refractivity contribution in [3.05, 3.63) is 186 Å². The quantitative estimate of drug-likeness (QED) is 0.105. The zero-order valence-corrected chi connectivity index (χ0v) is 42.3. The maximum atomic E-state index is 10.5. The van der Waals surface area contributed by atoms with E-state index in [0.29, 0.717) is 11.4 Å². The van der Waals surface area contributed by atoms with Gasteiger partial charge in [-0.25, -0.2) is 9.59 Å². The molecule has 6 aromatic heterocycles. The van der Waals surface area contributed by atoms with Gasteiger partial charge in [0.05, 0.1) is 56.0 Å². The number of hydrogen-bond donors (Lipinski definition) is 4. The Kier molecular flexibility index (Phi) is 37.4. The van der Waals surface area contributed by atoms with Crippen molar-refractivity contribution in [2.75, 3.05) is 14.2 Å². The number of hydrogen-bond acceptors (Lipinski definition) is 20. The summed E-state index contributed by atoms with van der Waals surface area (Å²) in [6.45, 7) is 3.14. The summed E-state index contributed by atoms with van der Waals surface area (Å²) in [5.74, 6) is -5.82. The number of pyridine rings is 6. The van der Waals surface area contributed by atoms with Crippen LogP contribution in [0.15, 0.2) is 122 Å². The number of carboxylic acid groups (broad SMARTS) is 4. The molecule has 24 nitrogen and oxygen atoms in total. The van der Waals surface area contributed by atoms with Crippen molar-refractivity contribution in [3.63, 3.8) is 0 Å². The third-order valence-electron chi connectivity index (χ3n) is 6.10. The first-order valence-corrected chi connectivity index (χ1v) is 16.5. The predicted molar refractivity (Wildman–Crippen MR) is 212 cm³/mol. The summed E-state index contributed by atoms with van der Waals surface area (Å²) >= 11 is 0. The van der Waals surface area contributed by atoms with Crippen LogP contribution < -0.4 is 10.2 Å². The monoisotopic (exact) mass is 1090 g/mol. The molecule has 0 amide bonds. The van der Waals surface area contributed by atoms with Crippen molar-refractivity contribution in [2.24, 2.45) is 0 Å². The molecule has 328 valence electrons. The molecule has 26 heteroatoms. The fraction of sp³-hybridized carbons (Fsp3) is 0.105. The maximum absolute atomic E-state index is 10.5. The van der Waals surface area contributed by atoms with E-state index in [1.807, 2.05) is 72.8 Å². The summed E-state index contributed by atoms with van der Waals surface area (Å²) < 4.78 is 0. The summed E-state index contributed by atoms with van der Waals surface area (Å²) in [4.78, 5) is 82.2. The summed E-state index contributed by atoms with van der Waals surface area (Å²) in [5.41, 5.74) is 2.75. The van der Waals surface area contributed by atoms with E-state index in [4.69, 9.17) is 51.1 Å². The number of aliphatic hydroxyl groups is 2. The maximum Gasteiger partial charge on any atom is 2.00 e. The second-order valence-corrected chi connectivity index (χ2v) is 10.2. The van der Waals surface area contributed by atoms with Crippen LogP contribution in [0, 0.1) is 44.5 Å². The van der Waals surface area contributed by atoms with Crippen molar-refractivity contribution in [1.29, 1.82) is 0 Å². The molecule has 6 rings (SSSR count). The third kappa shape index (κ3) is 28.5. The van der Waals surface area contributed by atoms with Gasteiger partial charge < -0.3 is 70.9 Å². The molecule has 0 aliphatic heterocycles. The van der Waals surface area contributed by atoms with Gasteiger partial charge in [-0.15, -0.1) is 0 Å². The molecule has 64 heavy (non-hydrogen) atoms. The molecule has 0 unspecified atom stereocenters. The Balaban J connectivity index is -0.000000343. The number of carbonyl (C=O) groups excluding carboxylic acids is 2. The van der Waals surface area contributed by atoms with Gasteiger partial charge >= 0.3 is 66.5 Å². The van der Waals surface area contributed by atoms with Gasteiger partial charge in [0.15, 0.2) is 0 Å². The van der Waals surface area contributed by atoms with Crippen LogP contribution in [-0.4, -0.2) is 98.6 Å². The van der Waals surface area contributed by atoms with Gasteiger partial charge in [0.2, 0.25) is 0 Å². The van der Waals surface area contributed by atoms with E-state index in [9.17, 15) is 29.4 Å². The zero-order valence-electron chi connectivity index (χ0n) is 34.2. The largest absolute Gasteiger partial charge is 2.00 e. The Labute approximate surface area is 403 Å². The number of aromatic nitrogens is 6. The Hall–Kier alpha value is -7.06. The van der Waals surface area contributed by atoms with E-state index >= 15 is 0 Å². The molecule has 0 aliphatic carbocycles. The first-order chi connectivity index (χ1) is 29.4. The number of aromatic carboxylic acids is 4. The molecule has 0 bridgehead atoms. The first-order valence-electron chi connectivity index (χ1n) is 16.5. The van der Waals surface area contributed by atoms with Gasteiger partial charge in [-0.1, -0.05) is 24.3 Å². The minimum absolute atomic E-state index is 0. The molecule has 6 heterocycles. The smallest absolute Gasteiger partial charge is 0.543 e. The number of carboxylic acids is 4. The molecular weight excluding hydrogens is 1050 g/mol. The van der Waals surface area contributed by atoms with E-state index in [2.05, 4.69) is 29.9 Å². The van der Waals surface area contributed by atoms with E-state index in [1.54, 1.807) is 38.6 Å². The van der Waals surface area contributed by atoms with Crippen LogP contribution in [0.2, 0.25) is 0 Å². The standard InChI is InChI=1S/2C10H8N2.2C8H7NO4.2CH4O.2Cd.2NO3/c2*1-3-7-11-9(5-1)10-6-2-4-8-12-10;2*1-4-2-3-5(7(10)11)6(9-4)8(12)13;2*1-2;;;2*2-1(3)4/h2*1-8H;2*2-3H,1H3,(H,10,11)(H,12,13);2*2H,1H3;;;;/q;;;;;;2*+2;2*-1/p-2. The predicted octanol–water partition coefficient (Wildman–Crippen LogP) is 1.92. The van der Waals surface area contributed by atoms with Gasteiger partial charge in [0.1, 0.15) is 11.4 Å². The Morgan fingerprint density at radius 2 is 0.672 bits per heavy atom. The average Bonchev–Trinajstić information content (AvgIpc) is 3.26. The molecule has 0 aromatic carbocycles. The first kappa shape index (κ1) is 63.6. The number of rotatable bonds is 6. The Bertz CT molecular complexity index is 2030. The van der Waals surface area contributed by atoms with Crippen LogP contribution in [0.25, 0.3) is 22.8 Å². The fourth-order valence-electron chi connectivity index (χ4n) is 3.83. The molecule has 4 N–H and O–H groups in total. The van der Waals surface area contributed by atoms with E-state index < -0.39 is 45.4 Å². The van der Waals surface area contributed by atoms with Crippen molar-refractivity contribution < 1.29 is 115 Å². The van der Waals surface area contributed by atoms with Crippen molar-refractivity contribution in [3.8, 4) is 22.8 Å². The molecule has 0 spiro atoms. The molecule has 0 fully saturated rings. The summed E-state index contributed by atoms with van der Waals surface area (Å²) in [6, 6.07) is 28.4. The number of nitrogens with zero attached hydrogens (tertiary/aromatic N) is 8. The van der Waals surface area contributed by atoms with E-state index in [0.717, 1.165) is 37.0 Å². The fourth-order valence-corrected chi connectivity index (χ4v) is 3.83. The van der Waals surface area contributed by atoms with Crippen LogP contribution in [0.3, 0.4) is 0 Å². The minimum Gasteiger partial charge on any atom is -0.543 e. The van der Waals surface area contributed by atoms with Gasteiger partial charge in [-0.2, -0.15) is 0 Å². The number of carbonyl (C=O) groups is 4. The van der Waals surface area contributed by atoms with Crippen LogP contribution in [0.5, 0.6) is 0 Å². The van der Waals surface area contributed by atoms with Gasteiger partial charge in [-0.05, 0) is 86.6 Å². The summed E-state index contributed by atoms with van der Waals surface area (Å²) in [7, 11) is 2.00.